The number of esters is 1. The van der Waals surface area contributed by atoms with Crippen molar-refractivity contribution in [3.05, 3.63) is 63.8 Å². The number of Topliss-reactive ketones (excluding diaryl/α,β-unsaturated/α-hetero) is 1. The van der Waals surface area contributed by atoms with E-state index < -0.39 is 5.41 Å². The molecule has 0 radical (unpaired) electrons. The summed E-state index contributed by atoms with van der Waals surface area (Å²) in [7, 11) is 0. The molecule has 4 nitrogen and oxygen atoms in total. The number of ketones is 1. The molecule has 1 aromatic heterocycles. The van der Waals surface area contributed by atoms with E-state index in [0.717, 1.165) is 21.3 Å². The molecule has 0 saturated carbocycles. The maximum absolute atomic E-state index is 12.0. The summed E-state index contributed by atoms with van der Waals surface area (Å²) in [5.74, 6) is -0.134. The van der Waals surface area contributed by atoms with E-state index in [1.165, 1.54) is 17.1 Å². The molecule has 0 bridgehead atoms. The standard InChI is InChI=1S/C14H17NO2S.C12H15ClO/c1-5-17-13(16)14(3,4)12-10-8-9(2)6-7-11(10)18-15-12;1-8-5-6-10(13)9(7-8)11(14)12(2,3)4/h6-8H,5H2,1-4H3;5-7H,1-4H3. The van der Waals surface area contributed by atoms with Gasteiger partial charge in [0.1, 0.15) is 5.41 Å². The number of carbonyl (C=O) groups excluding carboxylic acids is 2. The zero-order chi connectivity index (χ0) is 24.3. The second-order valence-electron chi connectivity index (χ2n) is 9.44. The maximum Gasteiger partial charge on any atom is 0.317 e. The number of rotatable bonds is 4. The number of ether oxygens (including phenoxy) is 1. The van der Waals surface area contributed by atoms with E-state index in [2.05, 4.69) is 16.5 Å². The van der Waals surface area contributed by atoms with Crippen molar-refractivity contribution in [1.29, 1.82) is 0 Å². The van der Waals surface area contributed by atoms with Gasteiger partial charge in [-0.05, 0) is 70.4 Å². The first kappa shape index (κ1) is 26.0. The molecule has 3 aromatic rings. The SMILES string of the molecule is CCOC(=O)C(C)(C)c1nsc2ccc(C)cc12.Cc1ccc(Cl)c(C(=O)C(C)(C)C)c1. The Balaban J connectivity index is 0.000000235. The number of halogens is 1. The third-order valence-electron chi connectivity index (χ3n) is 5.05. The van der Waals surface area contributed by atoms with Gasteiger partial charge >= 0.3 is 5.97 Å². The molecular formula is C26H32ClNO3S. The van der Waals surface area contributed by atoms with Gasteiger partial charge < -0.3 is 4.74 Å². The molecule has 0 aliphatic rings. The molecule has 6 heteroatoms. The second kappa shape index (κ2) is 10.1. The molecular weight excluding hydrogens is 442 g/mol. The van der Waals surface area contributed by atoms with E-state index in [1.54, 1.807) is 6.07 Å². The van der Waals surface area contributed by atoms with Crippen molar-refractivity contribution < 1.29 is 14.3 Å². The van der Waals surface area contributed by atoms with Crippen LogP contribution in [0.3, 0.4) is 0 Å². The summed E-state index contributed by atoms with van der Waals surface area (Å²) in [6.45, 7) is 15.6. The Morgan fingerprint density at radius 2 is 1.59 bits per heavy atom. The summed E-state index contributed by atoms with van der Waals surface area (Å²) in [6.07, 6.45) is 0. The summed E-state index contributed by atoms with van der Waals surface area (Å²) < 4.78 is 10.7. The number of nitrogens with zero attached hydrogens (tertiary/aromatic N) is 1. The van der Waals surface area contributed by atoms with E-state index >= 15 is 0 Å². The van der Waals surface area contributed by atoms with Crippen LogP contribution in [0.2, 0.25) is 5.02 Å². The van der Waals surface area contributed by atoms with E-state index in [4.69, 9.17) is 16.3 Å². The van der Waals surface area contributed by atoms with Crippen LogP contribution in [0, 0.1) is 19.3 Å². The Labute approximate surface area is 200 Å². The Bertz CT molecular complexity index is 1130. The monoisotopic (exact) mass is 473 g/mol. The van der Waals surface area contributed by atoms with Gasteiger partial charge in [-0.2, -0.15) is 4.37 Å². The van der Waals surface area contributed by atoms with Crippen LogP contribution in [0.5, 0.6) is 0 Å². The molecule has 1 heterocycles. The number of carbonyl (C=O) groups is 2. The van der Waals surface area contributed by atoms with Crippen molar-refractivity contribution in [2.24, 2.45) is 5.41 Å². The predicted molar refractivity (Wildman–Crippen MR) is 134 cm³/mol. The lowest BCUT2D eigenvalue weighted by Gasteiger charge is -2.20. The molecule has 0 amide bonds. The van der Waals surface area contributed by atoms with Crippen molar-refractivity contribution in [2.75, 3.05) is 6.61 Å². The normalized spacial score (nSPS) is 11.7. The van der Waals surface area contributed by atoms with Gasteiger partial charge in [0.25, 0.3) is 0 Å². The zero-order valence-electron chi connectivity index (χ0n) is 20.1. The topological polar surface area (TPSA) is 56.3 Å². The quantitative estimate of drug-likeness (QED) is 0.294. The highest BCUT2D eigenvalue weighted by Crippen LogP contribution is 2.33. The molecule has 0 saturated heterocycles. The lowest BCUT2D eigenvalue weighted by molar-refractivity contribution is -0.148. The molecule has 0 N–H and O–H groups in total. The first-order valence-corrected chi connectivity index (χ1v) is 11.8. The molecule has 32 heavy (non-hydrogen) atoms. The lowest BCUT2D eigenvalue weighted by Crippen LogP contribution is -2.31. The molecule has 0 spiro atoms. The maximum atomic E-state index is 12.0. The zero-order valence-corrected chi connectivity index (χ0v) is 21.7. The van der Waals surface area contributed by atoms with Gasteiger partial charge in [0.15, 0.2) is 5.78 Å². The third-order valence-corrected chi connectivity index (χ3v) is 6.21. The van der Waals surface area contributed by atoms with Gasteiger partial charge in [-0.3, -0.25) is 9.59 Å². The highest BCUT2D eigenvalue weighted by atomic mass is 35.5. The van der Waals surface area contributed by atoms with Crippen LogP contribution >= 0.6 is 23.1 Å². The van der Waals surface area contributed by atoms with Gasteiger partial charge in [0.05, 0.1) is 22.0 Å². The minimum Gasteiger partial charge on any atom is -0.465 e. The molecule has 0 atom stereocenters. The van der Waals surface area contributed by atoms with E-state index in [-0.39, 0.29) is 17.2 Å². The summed E-state index contributed by atoms with van der Waals surface area (Å²) in [5.41, 5.74) is 2.58. The molecule has 0 fully saturated rings. The van der Waals surface area contributed by atoms with Crippen LogP contribution in [0.4, 0.5) is 0 Å². The molecule has 0 unspecified atom stereocenters. The van der Waals surface area contributed by atoms with Crippen LogP contribution in [-0.2, 0) is 14.9 Å². The molecule has 172 valence electrons. The number of aryl methyl sites for hydroxylation is 2. The van der Waals surface area contributed by atoms with Crippen molar-refractivity contribution >= 4 is 45.0 Å². The fourth-order valence-corrected chi connectivity index (χ4v) is 4.23. The summed E-state index contributed by atoms with van der Waals surface area (Å²) in [5, 5.41) is 1.59. The Morgan fingerprint density at radius 3 is 2.19 bits per heavy atom. The molecule has 0 aliphatic heterocycles. The Hall–Kier alpha value is -2.24. The number of fused-ring (bicyclic) bond motifs is 1. The number of benzene rings is 2. The molecule has 2 aromatic carbocycles. The van der Waals surface area contributed by atoms with Gasteiger partial charge in [-0.1, -0.05) is 55.6 Å². The predicted octanol–water partition coefficient (Wildman–Crippen LogP) is 7.32. The highest BCUT2D eigenvalue weighted by molar-refractivity contribution is 7.13. The van der Waals surface area contributed by atoms with Gasteiger partial charge in [-0.15, -0.1) is 0 Å². The summed E-state index contributed by atoms with van der Waals surface area (Å²) in [6, 6.07) is 11.7. The van der Waals surface area contributed by atoms with Gasteiger partial charge in [0.2, 0.25) is 0 Å². The van der Waals surface area contributed by atoms with E-state index in [0.29, 0.717) is 17.2 Å². The van der Waals surface area contributed by atoms with Crippen LogP contribution in [0.25, 0.3) is 10.1 Å². The van der Waals surface area contributed by atoms with E-state index in [9.17, 15) is 9.59 Å². The molecule has 0 aliphatic carbocycles. The third kappa shape index (κ3) is 5.96. The van der Waals surface area contributed by atoms with Crippen LogP contribution in [0.1, 0.15) is 68.7 Å². The summed E-state index contributed by atoms with van der Waals surface area (Å²) >= 11 is 7.40. The average molecular weight is 474 g/mol. The number of aromatic nitrogens is 1. The minimum absolute atomic E-state index is 0.0891. The van der Waals surface area contributed by atoms with Crippen LogP contribution in [0.15, 0.2) is 36.4 Å². The fraction of sp³-hybridized carbons (Fsp3) is 0.423. The largest absolute Gasteiger partial charge is 0.465 e. The van der Waals surface area contributed by atoms with Crippen LogP contribution in [-0.4, -0.2) is 22.7 Å². The second-order valence-corrected chi connectivity index (χ2v) is 10.7. The van der Waals surface area contributed by atoms with Crippen molar-refractivity contribution in [3.63, 3.8) is 0 Å². The fourth-order valence-electron chi connectivity index (χ4n) is 3.13. The first-order valence-electron chi connectivity index (χ1n) is 10.6. The highest BCUT2D eigenvalue weighted by Gasteiger charge is 2.35. The van der Waals surface area contributed by atoms with Crippen molar-refractivity contribution in [3.8, 4) is 0 Å². The number of hydrogen-bond donors (Lipinski definition) is 0. The number of hydrogen-bond acceptors (Lipinski definition) is 5. The van der Waals surface area contributed by atoms with Gasteiger partial charge in [0, 0.05) is 16.4 Å². The average Bonchev–Trinajstić information content (AvgIpc) is 3.13. The molecule has 3 rings (SSSR count). The van der Waals surface area contributed by atoms with Crippen molar-refractivity contribution in [1.82, 2.24) is 4.37 Å². The minimum atomic E-state index is -0.706. The lowest BCUT2D eigenvalue weighted by atomic mass is 9.86. The van der Waals surface area contributed by atoms with Crippen LogP contribution < -0.4 is 0 Å². The Morgan fingerprint density at radius 1 is 1.00 bits per heavy atom. The van der Waals surface area contributed by atoms with Gasteiger partial charge in [-0.25, -0.2) is 0 Å². The summed E-state index contributed by atoms with van der Waals surface area (Å²) in [4.78, 5) is 24.0. The van der Waals surface area contributed by atoms with Crippen molar-refractivity contribution in [2.45, 2.75) is 60.8 Å². The first-order chi connectivity index (χ1) is 14.8. The smallest absolute Gasteiger partial charge is 0.317 e. The van der Waals surface area contributed by atoms with E-state index in [1.807, 2.05) is 73.6 Å². The Kier molecular flexibility index (Phi) is 8.24.